The van der Waals surface area contributed by atoms with Crippen LogP contribution in [0.25, 0.3) is 0 Å². The summed E-state index contributed by atoms with van der Waals surface area (Å²) in [5.41, 5.74) is 0. The highest BCUT2D eigenvalue weighted by Gasteiger charge is 2.31. The number of nitrogens with one attached hydrogen (secondary N) is 1. The van der Waals surface area contributed by atoms with Crippen molar-refractivity contribution in [2.24, 2.45) is 0 Å². The lowest BCUT2D eigenvalue weighted by molar-refractivity contribution is 0.600. The number of unbranched alkanes of at least 4 members (excludes halogenated alkanes) is 2. The van der Waals surface area contributed by atoms with Gasteiger partial charge in [0.25, 0.3) is 0 Å². The molecule has 118 valence electrons. The molecule has 1 fully saturated rings. The van der Waals surface area contributed by atoms with E-state index in [-0.39, 0.29) is 17.5 Å². The smallest absolute Gasteiger partial charge is 0.224 e. The second kappa shape index (κ2) is 7.06. The van der Waals surface area contributed by atoms with Gasteiger partial charge in [-0.15, -0.1) is 0 Å². The van der Waals surface area contributed by atoms with Crippen LogP contribution < -0.4 is 10.2 Å². The van der Waals surface area contributed by atoms with Gasteiger partial charge in [-0.25, -0.2) is 13.4 Å². The van der Waals surface area contributed by atoms with Crippen LogP contribution in [0.5, 0.6) is 0 Å². The van der Waals surface area contributed by atoms with Crippen LogP contribution in [0.2, 0.25) is 0 Å². The molecule has 2 heterocycles. The average molecular weight is 312 g/mol. The van der Waals surface area contributed by atoms with Crippen molar-refractivity contribution in [2.45, 2.75) is 38.6 Å². The molecule has 2 rings (SSSR count). The van der Waals surface area contributed by atoms with E-state index in [0.29, 0.717) is 12.4 Å². The highest BCUT2D eigenvalue weighted by molar-refractivity contribution is 7.91. The summed E-state index contributed by atoms with van der Waals surface area (Å²) < 4.78 is 23.1. The molecule has 1 atom stereocenters. The SMILES string of the molecule is CCCCCNc1nccc(N(C)C2CCS(=O)(=O)C2)n1. The van der Waals surface area contributed by atoms with E-state index >= 15 is 0 Å². The minimum absolute atomic E-state index is 0.0119. The van der Waals surface area contributed by atoms with Crippen molar-refractivity contribution in [2.75, 3.05) is 35.3 Å². The number of aromatic nitrogens is 2. The molecule has 0 aliphatic carbocycles. The molecule has 1 unspecified atom stereocenters. The Morgan fingerprint density at radius 1 is 1.43 bits per heavy atom. The quantitative estimate of drug-likeness (QED) is 0.772. The van der Waals surface area contributed by atoms with Gasteiger partial charge in [0.2, 0.25) is 5.95 Å². The fraction of sp³-hybridized carbons (Fsp3) is 0.714. The zero-order chi connectivity index (χ0) is 15.3. The monoisotopic (exact) mass is 312 g/mol. The highest BCUT2D eigenvalue weighted by Crippen LogP contribution is 2.21. The summed E-state index contributed by atoms with van der Waals surface area (Å²) in [7, 11) is -0.982. The van der Waals surface area contributed by atoms with Crippen LogP contribution in [0.4, 0.5) is 11.8 Å². The molecule has 1 saturated heterocycles. The fourth-order valence-corrected chi connectivity index (χ4v) is 4.25. The maximum Gasteiger partial charge on any atom is 0.224 e. The van der Waals surface area contributed by atoms with E-state index in [2.05, 4.69) is 22.2 Å². The zero-order valence-electron chi connectivity index (χ0n) is 12.7. The second-order valence-electron chi connectivity index (χ2n) is 5.54. The Labute approximate surface area is 126 Å². The number of hydrogen-bond donors (Lipinski definition) is 1. The molecule has 7 heteroatoms. The van der Waals surface area contributed by atoms with Gasteiger partial charge in [-0.05, 0) is 18.9 Å². The van der Waals surface area contributed by atoms with E-state index in [1.807, 2.05) is 18.0 Å². The topological polar surface area (TPSA) is 75.2 Å². The van der Waals surface area contributed by atoms with Crippen molar-refractivity contribution in [3.05, 3.63) is 12.3 Å². The molecule has 0 spiro atoms. The summed E-state index contributed by atoms with van der Waals surface area (Å²) in [6, 6.07) is 1.83. The lowest BCUT2D eigenvalue weighted by atomic mass is 10.2. The van der Waals surface area contributed by atoms with Crippen LogP contribution in [0, 0.1) is 0 Å². The molecule has 0 amide bonds. The summed E-state index contributed by atoms with van der Waals surface area (Å²) in [6.45, 7) is 3.03. The van der Waals surface area contributed by atoms with Gasteiger partial charge >= 0.3 is 0 Å². The standard InChI is InChI=1S/C14H24N4O2S/c1-3-4-5-8-15-14-16-9-6-13(17-14)18(2)12-7-10-21(19,20)11-12/h6,9,12H,3-5,7-8,10-11H2,1-2H3,(H,15,16,17). The van der Waals surface area contributed by atoms with Crippen molar-refractivity contribution in [3.8, 4) is 0 Å². The first-order valence-electron chi connectivity index (χ1n) is 7.52. The van der Waals surface area contributed by atoms with Crippen LogP contribution >= 0.6 is 0 Å². The van der Waals surface area contributed by atoms with Crippen LogP contribution in [0.15, 0.2) is 12.3 Å². The number of hydrogen-bond acceptors (Lipinski definition) is 6. The minimum Gasteiger partial charge on any atom is -0.355 e. The van der Waals surface area contributed by atoms with Gasteiger partial charge in [0.05, 0.1) is 11.5 Å². The predicted octanol–water partition coefficient (Wildman–Crippen LogP) is 1.70. The normalized spacial score (nSPS) is 20.4. The molecular weight excluding hydrogens is 288 g/mol. The summed E-state index contributed by atoms with van der Waals surface area (Å²) >= 11 is 0. The Morgan fingerprint density at radius 3 is 2.90 bits per heavy atom. The van der Waals surface area contributed by atoms with E-state index in [4.69, 9.17) is 0 Å². The molecule has 6 nitrogen and oxygen atoms in total. The van der Waals surface area contributed by atoms with Crippen LogP contribution in [-0.4, -0.2) is 49.5 Å². The van der Waals surface area contributed by atoms with E-state index in [1.165, 1.54) is 12.8 Å². The summed E-state index contributed by atoms with van der Waals surface area (Å²) in [5.74, 6) is 1.86. The predicted molar refractivity (Wildman–Crippen MR) is 85.5 cm³/mol. The van der Waals surface area contributed by atoms with Gasteiger partial charge in [0.15, 0.2) is 9.84 Å². The molecule has 1 aromatic heterocycles. The van der Waals surface area contributed by atoms with Crippen molar-refractivity contribution < 1.29 is 8.42 Å². The third-order valence-electron chi connectivity index (χ3n) is 3.82. The molecule has 21 heavy (non-hydrogen) atoms. The van der Waals surface area contributed by atoms with Gasteiger partial charge in [-0.1, -0.05) is 19.8 Å². The van der Waals surface area contributed by atoms with Gasteiger partial charge in [0, 0.05) is 25.8 Å². The second-order valence-corrected chi connectivity index (χ2v) is 7.77. The van der Waals surface area contributed by atoms with Gasteiger partial charge < -0.3 is 10.2 Å². The Hall–Kier alpha value is -1.37. The van der Waals surface area contributed by atoms with Gasteiger partial charge in [-0.2, -0.15) is 4.98 Å². The molecule has 0 radical (unpaired) electrons. The summed E-state index contributed by atoms with van der Waals surface area (Å²) in [6.07, 6.45) is 5.85. The number of sulfone groups is 1. The molecule has 0 bridgehead atoms. The third-order valence-corrected chi connectivity index (χ3v) is 5.57. The lowest BCUT2D eigenvalue weighted by Gasteiger charge is -2.24. The van der Waals surface area contributed by atoms with E-state index in [0.717, 1.165) is 18.8 Å². The Kier molecular flexibility index (Phi) is 5.39. The third kappa shape index (κ3) is 4.56. The first-order chi connectivity index (χ1) is 10.0. The summed E-state index contributed by atoms with van der Waals surface area (Å²) in [4.78, 5) is 10.6. The summed E-state index contributed by atoms with van der Waals surface area (Å²) in [5, 5.41) is 3.21. The minimum atomic E-state index is -2.88. The largest absolute Gasteiger partial charge is 0.355 e. The van der Waals surface area contributed by atoms with Crippen molar-refractivity contribution in [1.29, 1.82) is 0 Å². The van der Waals surface area contributed by atoms with Gasteiger partial charge in [-0.3, -0.25) is 0 Å². The molecule has 1 aromatic rings. The maximum absolute atomic E-state index is 11.6. The van der Waals surface area contributed by atoms with Crippen molar-refractivity contribution >= 4 is 21.6 Å². The number of anilines is 2. The lowest BCUT2D eigenvalue weighted by Crippen LogP contribution is -2.33. The van der Waals surface area contributed by atoms with Crippen LogP contribution in [0.1, 0.15) is 32.6 Å². The van der Waals surface area contributed by atoms with Crippen LogP contribution in [-0.2, 0) is 9.84 Å². The van der Waals surface area contributed by atoms with E-state index in [1.54, 1.807) is 6.20 Å². The Morgan fingerprint density at radius 2 is 2.24 bits per heavy atom. The first-order valence-corrected chi connectivity index (χ1v) is 9.34. The molecule has 1 N–H and O–H groups in total. The number of nitrogens with zero attached hydrogens (tertiary/aromatic N) is 3. The zero-order valence-corrected chi connectivity index (χ0v) is 13.6. The first kappa shape index (κ1) is 16.0. The Balaban J connectivity index is 1.96. The highest BCUT2D eigenvalue weighted by atomic mass is 32.2. The molecule has 1 aliphatic heterocycles. The van der Waals surface area contributed by atoms with Crippen LogP contribution in [0.3, 0.4) is 0 Å². The van der Waals surface area contributed by atoms with Gasteiger partial charge in [0.1, 0.15) is 5.82 Å². The van der Waals surface area contributed by atoms with E-state index < -0.39 is 9.84 Å². The molecule has 1 aliphatic rings. The molecule has 0 aromatic carbocycles. The Bertz CT molecular complexity index is 562. The molecular formula is C14H24N4O2S. The van der Waals surface area contributed by atoms with E-state index in [9.17, 15) is 8.42 Å². The fourth-order valence-electron chi connectivity index (χ4n) is 2.47. The molecule has 0 saturated carbocycles. The maximum atomic E-state index is 11.6. The number of rotatable bonds is 7. The van der Waals surface area contributed by atoms with Crippen molar-refractivity contribution in [1.82, 2.24) is 9.97 Å². The van der Waals surface area contributed by atoms with Crippen molar-refractivity contribution in [3.63, 3.8) is 0 Å². The average Bonchev–Trinajstić information content (AvgIpc) is 2.83.